The van der Waals surface area contributed by atoms with Crippen molar-refractivity contribution in [2.24, 2.45) is 0 Å². The third-order valence-electron chi connectivity index (χ3n) is 4.82. The SMILES string of the molecule is C=C(C(=O)Nc1cc(C(C)(C)C)sn1)c1ccc(-c2nn(C(C)C)c(N)c2C#N)cc1. The molecular formula is C23H26N6OS. The Hall–Kier alpha value is -3.44. The number of hydrogen-bond acceptors (Lipinski definition) is 6. The normalized spacial score (nSPS) is 11.4. The molecule has 3 aromatic rings. The fourth-order valence-electron chi connectivity index (χ4n) is 2.99. The number of rotatable bonds is 5. The first-order chi connectivity index (χ1) is 14.5. The standard InChI is InChI=1S/C23H26N6OS/c1-13(2)29-21(25)17(12-24)20(27-29)16-9-7-15(8-10-16)14(3)22(30)26-19-11-18(31-28-19)23(4,5)6/h7-11,13H,3,25H2,1-2,4-6H3,(H,26,28,30). The van der Waals surface area contributed by atoms with Crippen molar-refractivity contribution >= 4 is 34.6 Å². The zero-order valence-corrected chi connectivity index (χ0v) is 19.2. The minimum Gasteiger partial charge on any atom is -0.383 e. The summed E-state index contributed by atoms with van der Waals surface area (Å²) in [5, 5.41) is 16.8. The molecule has 0 saturated carbocycles. The molecule has 1 amide bonds. The quantitative estimate of drug-likeness (QED) is 0.550. The number of benzene rings is 1. The van der Waals surface area contributed by atoms with E-state index in [9.17, 15) is 10.1 Å². The van der Waals surface area contributed by atoms with Gasteiger partial charge in [0.2, 0.25) is 0 Å². The predicted octanol–water partition coefficient (Wildman–Crippen LogP) is 4.99. The number of aromatic nitrogens is 3. The average molecular weight is 435 g/mol. The topological polar surface area (TPSA) is 110 Å². The van der Waals surface area contributed by atoms with Crippen molar-refractivity contribution < 1.29 is 4.79 Å². The summed E-state index contributed by atoms with van der Waals surface area (Å²) < 4.78 is 5.94. The maximum atomic E-state index is 12.6. The largest absolute Gasteiger partial charge is 0.383 e. The van der Waals surface area contributed by atoms with Gasteiger partial charge in [0.15, 0.2) is 0 Å². The van der Waals surface area contributed by atoms with Crippen molar-refractivity contribution in [3.63, 3.8) is 0 Å². The number of nitrogens with two attached hydrogens (primary N) is 1. The molecule has 0 bridgehead atoms. The summed E-state index contributed by atoms with van der Waals surface area (Å²) in [5.74, 6) is 0.550. The number of amides is 1. The lowest BCUT2D eigenvalue weighted by atomic mass is 9.95. The van der Waals surface area contributed by atoms with Crippen LogP contribution in [-0.4, -0.2) is 20.1 Å². The molecule has 0 aliphatic heterocycles. The molecule has 2 heterocycles. The Morgan fingerprint density at radius 3 is 2.45 bits per heavy atom. The average Bonchev–Trinajstić information content (AvgIpc) is 3.31. The van der Waals surface area contributed by atoms with Crippen LogP contribution in [0.4, 0.5) is 11.6 Å². The summed E-state index contributed by atoms with van der Waals surface area (Å²) >= 11 is 1.37. The van der Waals surface area contributed by atoms with Crippen LogP contribution in [0.15, 0.2) is 36.9 Å². The number of hydrogen-bond donors (Lipinski definition) is 2. The molecule has 0 radical (unpaired) electrons. The van der Waals surface area contributed by atoms with Crippen molar-refractivity contribution in [2.45, 2.75) is 46.1 Å². The number of anilines is 2. The molecule has 3 N–H and O–H groups in total. The predicted molar refractivity (Wildman–Crippen MR) is 126 cm³/mol. The summed E-state index contributed by atoms with van der Waals surface area (Å²) in [7, 11) is 0. The van der Waals surface area contributed by atoms with Crippen molar-refractivity contribution in [2.75, 3.05) is 11.1 Å². The highest BCUT2D eigenvalue weighted by molar-refractivity contribution is 7.06. The van der Waals surface area contributed by atoms with Gasteiger partial charge in [0.05, 0.1) is 0 Å². The summed E-state index contributed by atoms with van der Waals surface area (Å²) in [6.07, 6.45) is 0. The monoisotopic (exact) mass is 434 g/mol. The van der Waals surface area contributed by atoms with Gasteiger partial charge in [-0.1, -0.05) is 51.6 Å². The molecular weight excluding hydrogens is 408 g/mol. The van der Waals surface area contributed by atoms with Crippen LogP contribution < -0.4 is 11.1 Å². The van der Waals surface area contributed by atoms with Gasteiger partial charge in [-0.05, 0) is 42.4 Å². The van der Waals surface area contributed by atoms with Crippen LogP contribution in [0.2, 0.25) is 0 Å². The highest BCUT2D eigenvalue weighted by atomic mass is 32.1. The van der Waals surface area contributed by atoms with Gasteiger partial charge >= 0.3 is 0 Å². The molecule has 0 unspecified atom stereocenters. The molecule has 0 aliphatic carbocycles. The Bertz CT molecular complexity index is 1170. The van der Waals surface area contributed by atoms with E-state index in [4.69, 9.17) is 5.73 Å². The molecule has 1 aromatic carbocycles. The third-order valence-corrected chi connectivity index (χ3v) is 6.04. The van der Waals surface area contributed by atoms with Crippen molar-refractivity contribution in [1.82, 2.24) is 14.2 Å². The number of carbonyl (C=O) groups excluding carboxylic acids is 1. The molecule has 31 heavy (non-hydrogen) atoms. The highest BCUT2D eigenvalue weighted by Gasteiger charge is 2.20. The van der Waals surface area contributed by atoms with Crippen molar-refractivity contribution in [1.29, 1.82) is 5.26 Å². The van der Waals surface area contributed by atoms with E-state index in [0.717, 1.165) is 10.4 Å². The molecule has 2 aromatic heterocycles. The number of carbonyl (C=O) groups is 1. The fraction of sp³-hybridized carbons (Fsp3) is 0.304. The Kier molecular flexibility index (Phi) is 6.00. The van der Waals surface area contributed by atoms with Gasteiger partial charge in [0, 0.05) is 22.1 Å². The van der Waals surface area contributed by atoms with Crippen molar-refractivity contribution in [3.8, 4) is 17.3 Å². The van der Waals surface area contributed by atoms with Crippen LogP contribution in [0.5, 0.6) is 0 Å². The zero-order chi connectivity index (χ0) is 22.9. The van der Waals surface area contributed by atoms with Crippen LogP contribution in [0.25, 0.3) is 16.8 Å². The second-order valence-corrected chi connectivity index (χ2v) is 9.40. The first-order valence-electron chi connectivity index (χ1n) is 9.89. The molecule has 7 nitrogen and oxygen atoms in total. The van der Waals surface area contributed by atoms with Crippen LogP contribution >= 0.6 is 11.5 Å². The summed E-state index contributed by atoms with van der Waals surface area (Å²) in [6, 6.07) is 11.2. The minimum absolute atomic E-state index is 0.0261. The maximum absolute atomic E-state index is 12.6. The first-order valence-corrected chi connectivity index (χ1v) is 10.7. The highest BCUT2D eigenvalue weighted by Crippen LogP contribution is 2.31. The van der Waals surface area contributed by atoms with E-state index in [1.165, 1.54) is 11.5 Å². The Balaban J connectivity index is 1.79. The number of nitrogens with one attached hydrogen (secondary N) is 1. The molecule has 0 atom stereocenters. The third kappa shape index (κ3) is 4.52. The van der Waals surface area contributed by atoms with E-state index in [0.29, 0.717) is 34.0 Å². The van der Waals surface area contributed by atoms with E-state index < -0.39 is 0 Å². The van der Waals surface area contributed by atoms with E-state index in [1.807, 2.05) is 32.0 Å². The van der Waals surface area contributed by atoms with Gasteiger partial charge in [0.25, 0.3) is 5.91 Å². The van der Waals surface area contributed by atoms with E-state index in [2.05, 4.69) is 48.2 Å². The first kappa shape index (κ1) is 22.2. The van der Waals surface area contributed by atoms with E-state index in [-0.39, 0.29) is 17.4 Å². The smallest absolute Gasteiger partial charge is 0.256 e. The van der Waals surface area contributed by atoms with Crippen LogP contribution in [0.3, 0.4) is 0 Å². The minimum atomic E-state index is -0.315. The van der Waals surface area contributed by atoms with Gasteiger partial charge < -0.3 is 11.1 Å². The maximum Gasteiger partial charge on any atom is 0.256 e. The Morgan fingerprint density at radius 2 is 1.94 bits per heavy atom. The van der Waals surface area contributed by atoms with Crippen molar-refractivity contribution in [3.05, 3.63) is 52.9 Å². The Labute approximate surface area is 186 Å². The molecule has 8 heteroatoms. The molecule has 0 fully saturated rings. The van der Waals surface area contributed by atoms with Crippen LogP contribution in [0, 0.1) is 11.3 Å². The van der Waals surface area contributed by atoms with E-state index in [1.54, 1.807) is 16.8 Å². The summed E-state index contributed by atoms with van der Waals surface area (Å²) in [6.45, 7) is 14.1. The molecule has 3 rings (SSSR count). The molecule has 0 saturated heterocycles. The number of nitriles is 1. The summed E-state index contributed by atoms with van der Waals surface area (Å²) in [5.41, 5.74) is 8.65. The van der Waals surface area contributed by atoms with Gasteiger partial charge in [-0.15, -0.1) is 0 Å². The zero-order valence-electron chi connectivity index (χ0n) is 18.4. The van der Waals surface area contributed by atoms with Crippen LogP contribution in [0.1, 0.15) is 56.7 Å². The number of nitrogens with zero attached hydrogens (tertiary/aromatic N) is 4. The lowest BCUT2D eigenvalue weighted by Crippen LogP contribution is -2.13. The molecule has 0 aliphatic rings. The Morgan fingerprint density at radius 1 is 1.29 bits per heavy atom. The summed E-state index contributed by atoms with van der Waals surface area (Å²) in [4.78, 5) is 13.7. The molecule has 160 valence electrons. The lowest BCUT2D eigenvalue weighted by molar-refractivity contribution is -0.111. The van der Waals surface area contributed by atoms with Gasteiger partial charge in [-0.25, -0.2) is 4.68 Å². The van der Waals surface area contributed by atoms with Gasteiger partial charge in [0.1, 0.15) is 29.0 Å². The van der Waals surface area contributed by atoms with E-state index >= 15 is 0 Å². The number of nitrogen functional groups attached to an aromatic ring is 1. The van der Waals surface area contributed by atoms with Crippen LogP contribution in [-0.2, 0) is 10.2 Å². The van der Waals surface area contributed by atoms with Gasteiger partial charge in [-0.2, -0.15) is 14.7 Å². The fourth-order valence-corrected chi connectivity index (χ4v) is 3.73. The van der Waals surface area contributed by atoms with Gasteiger partial charge in [-0.3, -0.25) is 4.79 Å². The molecule has 0 spiro atoms. The second-order valence-electron chi connectivity index (χ2n) is 8.60. The second kappa shape index (κ2) is 8.36. The lowest BCUT2D eigenvalue weighted by Gasteiger charge is -2.14.